The molecule has 1 N–H and O–H groups in total. The number of imide groups is 1. The van der Waals surface area contributed by atoms with Gasteiger partial charge in [0.1, 0.15) is 13.5 Å². The lowest BCUT2D eigenvalue weighted by molar-refractivity contribution is -0.139. The molecule has 2 heterocycles. The fourth-order valence-electron chi connectivity index (χ4n) is 2.40. The van der Waals surface area contributed by atoms with E-state index in [1.165, 1.54) is 0 Å². The third kappa shape index (κ3) is 6.55. The highest BCUT2D eigenvalue weighted by Gasteiger charge is 2.45. The number of hydrogen-bond acceptors (Lipinski definition) is 8. The molecule has 27 heavy (non-hydrogen) atoms. The molecule has 2 unspecified atom stereocenters. The Balaban J connectivity index is 1.93. The van der Waals surface area contributed by atoms with Gasteiger partial charge < -0.3 is 28.8 Å². The Hall–Kier alpha value is -1.50. The summed E-state index contributed by atoms with van der Waals surface area (Å²) in [6.07, 6.45) is -1.57. The zero-order valence-corrected chi connectivity index (χ0v) is 15.9. The van der Waals surface area contributed by atoms with Crippen LogP contribution in [0, 0.1) is 0 Å². The van der Waals surface area contributed by atoms with Gasteiger partial charge in [-0.05, 0) is 13.8 Å². The minimum atomic E-state index is -1.43. The molecule has 2 fully saturated rings. The highest BCUT2D eigenvalue weighted by molar-refractivity contribution is 5.95. The predicted octanol–water partition coefficient (Wildman–Crippen LogP) is -0.158. The van der Waals surface area contributed by atoms with Crippen LogP contribution in [0.2, 0.25) is 0 Å². The number of hydrogen-bond donors (Lipinski definition) is 1. The molecule has 2 aliphatic heterocycles. The first-order valence-corrected chi connectivity index (χ1v) is 9.09. The number of amides is 4. The van der Waals surface area contributed by atoms with Crippen molar-refractivity contribution in [3.05, 3.63) is 0 Å². The monoisotopic (exact) mass is 391 g/mol. The Labute approximate surface area is 158 Å². The molecule has 2 rings (SSSR count). The first kappa shape index (κ1) is 21.8. The van der Waals surface area contributed by atoms with Crippen LogP contribution in [-0.2, 0) is 23.7 Å². The van der Waals surface area contributed by atoms with Gasteiger partial charge in [-0.2, -0.15) is 0 Å². The third-order valence-corrected chi connectivity index (χ3v) is 3.92. The molecule has 0 aromatic heterocycles. The summed E-state index contributed by atoms with van der Waals surface area (Å²) in [4.78, 5) is 28.4. The molecule has 0 aromatic carbocycles. The number of ether oxygens (including phenoxy) is 5. The van der Waals surface area contributed by atoms with E-state index in [1.807, 2.05) is 13.8 Å². The van der Waals surface area contributed by atoms with Crippen LogP contribution in [-0.4, -0.2) is 111 Å². The van der Waals surface area contributed by atoms with Gasteiger partial charge in [0.2, 0.25) is 6.35 Å². The van der Waals surface area contributed by atoms with Gasteiger partial charge in [0.15, 0.2) is 0 Å². The van der Waals surface area contributed by atoms with Crippen LogP contribution in [0.3, 0.4) is 0 Å². The molecular formula is C16H29N3O8. The topological polar surface area (TPSA) is 114 Å². The molecule has 0 aliphatic carbocycles. The van der Waals surface area contributed by atoms with Gasteiger partial charge >= 0.3 is 12.1 Å². The second-order valence-corrected chi connectivity index (χ2v) is 5.89. The van der Waals surface area contributed by atoms with Gasteiger partial charge in [0.25, 0.3) is 0 Å². The summed E-state index contributed by atoms with van der Waals surface area (Å²) in [5.74, 6) is 0. The first-order chi connectivity index (χ1) is 13.1. The SMILES string of the molecule is CCOCCOCN1C(=O)N(COCCOCC)C(O)N(CC2CO2)C1=O. The van der Waals surface area contributed by atoms with Crippen LogP contribution < -0.4 is 0 Å². The maximum atomic E-state index is 12.6. The fraction of sp³-hybridized carbons (Fsp3) is 0.875. The molecule has 2 atom stereocenters. The highest BCUT2D eigenvalue weighted by atomic mass is 16.6. The smallest absolute Gasteiger partial charge is 0.335 e. The van der Waals surface area contributed by atoms with E-state index in [-0.39, 0.29) is 39.3 Å². The Morgan fingerprint density at radius 1 is 0.926 bits per heavy atom. The van der Waals surface area contributed by atoms with Crippen molar-refractivity contribution in [2.75, 3.05) is 66.3 Å². The lowest BCUT2D eigenvalue weighted by atomic mass is 10.4. The summed E-state index contributed by atoms with van der Waals surface area (Å²) in [5.41, 5.74) is 0. The number of aliphatic hydroxyl groups is 1. The summed E-state index contributed by atoms with van der Waals surface area (Å²) in [5, 5.41) is 10.5. The van der Waals surface area contributed by atoms with E-state index >= 15 is 0 Å². The van der Waals surface area contributed by atoms with Gasteiger partial charge in [0.05, 0.1) is 45.7 Å². The Morgan fingerprint density at radius 3 is 2.00 bits per heavy atom. The standard InChI is InChI=1S/C16H29N3O8/c1-3-23-5-7-25-11-18-14(20)17(9-13-10-27-13)15(21)19(16(18)22)12-26-8-6-24-4-2/h13-14,20H,3-12H2,1-2H3. The first-order valence-electron chi connectivity index (χ1n) is 9.09. The minimum absolute atomic E-state index is 0.141. The van der Waals surface area contributed by atoms with Gasteiger partial charge in [-0.3, -0.25) is 9.80 Å². The lowest BCUT2D eigenvalue weighted by Gasteiger charge is -2.43. The molecule has 2 aliphatic rings. The number of rotatable bonds is 14. The van der Waals surface area contributed by atoms with Crippen molar-refractivity contribution < 1.29 is 38.4 Å². The van der Waals surface area contributed by atoms with Crippen LogP contribution in [0.15, 0.2) is 0 Å². The van der Waals surface area contributed by atoms with Crippen LogP contribution >= 0.6 is 0 Å². The summed E-state index contributed by atoms with van der Waals surface area (Å²) < 4.78 is 26.2. The quantitative estimate of drug-likeness (QED) is 0.321. The van der Waals surface area contributed by atoms with E-state index in [4.69, 9.17) is 23.7 Å². The number of urea groups is 2. The molecule has 0 spiro atoms. The minimum Gasteiger partial charge on any atom is -0.379 e. The molecule has 2 saturated heterocycles. The number of nitrogens with zero attached hydrogens (tertiary/aromatic N) is 3. The molecule has 11 nitrogen and oxygen atoms in total. The predicted molar refractivity (Wildman–Crippen MR) is 91.5 cm³/mol. The normalized spacial score (nSPS) is 22.7. The Bertz CT molecular complexity index is 477. The maximum Gasteiger partial charge on any atom is 0.335 e. The van der Waals surface area contributed by atoms with E-state index in [1.54, 1.807) is 0 Å². The van der Waals surface area contributed by atoms with Crippen LogP contribution in [0.4, 0.5) is 9.59 Å². The second-order valence-electron chi connectivity index (χ2n) is 5.89. The summed E-state index contributed by atoms with van der Waals surface area (Å²) in [6.45, 7) is 6.34. The molecule has 0 radical (unpaired) electrons. The number of carbonyl (C=O) groups is 2. The fourth-order valence-corrected chi connectivity index (χ4v) is 2.40. The molecule has 4 amide bonds. The van der Waals surface area contributed by atoms with E-state index in [9.17, 15) is 14.7 Å². The average molecular weight is 391 g/mol. The Morgan fingerprint density at radius 2 is 1.44 bits per heavy atom. The van der Waals surface area contributed by atoms with Gasteiger partial charge in [-0.15, -0.1) is 0 Å². The summed E-state index contributed by atoms with van der Waals surface area (Å²) >= 11 is 0. The molecular weight excluding hydrogens is 362 g/mol. The average Bonchev–Trinajstić information content (AvgIpc) is 3.47. The zero-order valence-electron chi connectivity index (χ0n) is 15.9. The van der Waals surface area contributed by atoms with Gasteiger partial charge in [-0.25, -0.2) is 14.5 Å². The molecule has 0 saturated carbocycles. The van der Waals surface area contributed by atoms with E-state index in [2.05, 4.69) is 0 Å². The largest absolute Gasteiger partial charge is 0.379 e. The molecule has 11 heteroatoms. The lowest BCUT2D eigenvalue weighted by Crippen LogP contribution is -2.67. The number of aliphatic hydroxyl groups excluding tert-OH is 1. The summed E-state index contributed by atoms with van der Waals surface area (Å²) in [7, 11) is 0. The van der Waals surface area contributed by atoms with Crippen molar-refractivity contribution >= 4 is 12.1 Å². The van der Waals surface area contributed by atoms with Crippen LogP contribution in [0.1, 0.15) is 13.8 Å². The molecule has 156 valence electrons. The van der Waals surface area contributed by atoms with Crippen molar-refractivity contribution in [2.45, 2.75) is 26.3 Å². The number of carbonyl (C=O) groups excluding carboxylic acids is 2. The van der Waals surface area contributed by atoms with E-state index < -0.39 is 18.4 Å². The zero-order chi connectivity index (χ0) is 19.6. The van der Waals surface area contributed by atoms with Crippen molar-refractivity contribution in [3.63, 3.8) is 0 Å². The van der Waals surface area contributed by atoms with Gasteiger partial charge in [-0.1, -0.05) is 0 Å². The molecule has 0 aromatic rings. The van der Waals surface area contributed by atoms with Gasteiger partial charge in [0, 0.05) is 13.2 Å². The van der Waals surface area contributed by atoms with Crippen molar-refractivity contribution in [3.8, 4) is 0 Å². The van der Waals surface area contributed by atoms with Crippen molar-refractivity contribution in [1.29, 1.82) is 0 Å². The van der Waals surface area contributed by atoms with Crippen molar-refractivity contribution in [1.82, 2.24) is 14.7 Å². The maximum absolute atomic E-state index is 12.6. The number of epoxide rings is 1. The summed E-state index contributed by atoms with van der Waals surface area (Å²) in [6, 6.07) is -1.32. The van der Waals surface area contributed by atoms with Crippen LogP contribution in [0.5, 0.6) is 0 Å². The van der Waals surface area contributed by atoms with E-state index in [0.717, 1.165) is 14.7 Å². The van der Waals surface area contributed by atoms with Crippen molar-refractivity contribution in [2.24, 2.45) is 0 Å². The van der Waals surface area contributed by atoms with E-state index in [0.29, 0.717) is 33.0 Å². The van der Waals surface area contributed by atoms with Crippen LogP contribution in [0.25, 0.3) is 0 Å². The Kier molecular flexibility index (Phi) is 9.18. The second kappa shape index (κ2) is 11.4. The molecule has 0 bridgehead atoms. The highest BCUT2D eigenvalue weighted by Crippen LogP contribution is 2.21. The third-order valence-electron chi connectivity index (χ3n) is 3.92.